The SMILES string of the molecule is C=CCc1cc(/C=C2\C(=O)NC(=O)N(c3ccc(OC)cc3)C2=O)cc(OCC)c1OCc1cccc2ccccc12. The molecule has 8 nitrogen and oxygen atoms in total. The molecule has 1 fully saturated rings. The molecule has 5 rings (SSSR count). The summed E-state index contributed by atoms with van der Waals surface area (Å²) in [5.41, 5.74) is 2.45. The van der Waals surface area contributed by atoms with Crippen molar-refractivity contribution in [2.45, 2.75) is 20.0 Å². The second-order valence-electron chi connectivity index (χ2n) is 9.52. The van der Waals surface area contributed by atoms with E-state index in [2.05, 4.69) is 30.1 Å². The number of benzene rings is 4. The van der Waals surface area contributed by atoms with Gasteiger partial charge in [0.2, 0.25) is 0 Å². The van der Waals surface area contributed by atoms with Crippen molar-refractivity contribution < 1.29 is 28.6 Å². The van der Waals surface area contributed by atoms with Crippen LogP contribution in [0.5, 0.6) is 17.2 Å². The molecule has 0 aliphatic carbocycles. The Labute approximate surface area is 243 Å². The zero-order valence-electron chi connectivity index (χ0n) is 23.4. The lowest BCUT2D eigenvalue weighted by Gasteiger charge is -2.26. The number of hydrogen-bond acceptors (Lipinski definition) is 6. The summed E-state index contributed by atoms with van der Waals surface area (Å²) in [4.78, 5) is 39.8. The van der Waals surface area contributed by atoms with Crippen LogP contribution in [0.2, 0.25) is 0 Å². The number of barbiturate groups is 1. The van der Waals surface area contributed by atoms with Gasteiger partial charge in [-0.25, -0.2) is 9.69 Å². The number of hydrogen-bond donors (Lipinski definition) is 1. The lowest BCUT2D eigenvalue weighted by Crippen LogP contribution is -2.54. The molecule has 1 saturated heterocycles. The van der Waals surface area contributed by atoms with E-state index in [0.717, 1.165) is 26.8 Å². The van der Waals surface area contributed by atoms with Gasteiger partial charge in [0, 0.05) is 5.56 Å². The average molecular weight is 563 g/mol. The molecule has 1 N–H and O–H groups in total. The molecule has 0 atom stereocenters. The van der Waals surface area contributed by atoms with Gasteiger partial charge in [0.1, 0.15) is 17.9 Å². The van der Waals surface area contributed by atoms with E-state index in [4.69, 9.17) is 14.2 Å². The van der Waals surface area contributed by atoms with Crippen molar-refractivity contribution in [2.75, 3.05) is 18.6 Å². The van der Waals surface area contributed by atoms with Crippen LogP contribution in [0, 0.1) is 0 Å². The van der Waals surface area contributed by atoms with Crippen LogP contribution in [-0.4, -0.2) is 31.6 Å². The molecule has 4 amide bonds. The van der Waals surface area contributed by atoms with Crippen LogP contribution in [0.25, 0.3) is 16.8 Å². The highest BCUT2D eigenvalue weighted by Gasteiger charge is 2.37. The van der Waals surface area contributed by atoms with Gasteiger partial charge in [-0.3, -0.25) is 14.9 Å². The first kappa shape index (κ1) is 28.2. The highest BCUT2D eigenvalue weighted by Crippen LogP contribution is 2.36. The number of carbonyl (C=O) groups excluding carboxylic acids is 3. The van der Waals surface area contributed by atoms with Crippen LogP contribution in [0.1, 0.15) is 23.6 Å². The maximum atomic E-state index is 13.4. The summed E-state index contributed by atoms with van der Waals surface area (Å²) >= 11 is 0. The van der Waals surface area contributed by atoms with Crippen LogP contribution in [-0.2, 0) is 22.6 Å². The van der Waals surface area contributed by atoms with Crippen LogP contribution in [0.3, 0.4) is 0 Å². The lowest BCUT2D eigenvalue weighted by atomic mass is 10.0. The summed E-state index contributed by atoms with van der Waals surface area (Å²) in [5, 5.41) is 4.48. The number of carbonyl (C=O) groups is 3. The summed E-state index contributed by atoms with van der Waals surface area (Å²) in [6, 6.07) is 23.3. The fourth-order valence-electron chi connectivity index (χ4n) is 4.86. The third-order valence-corrected chi connectivity index (χ3v) is 6.81. The van der Waals surface area contributed by atoms with E-state index >= 15 is 0 Å². The molecule has 1 aliphatic rings. The second kappa shape index (κ2) is 12.4. The molecule has 4 aromatic carbocycles. The first-order chi connectivity index (χ1) is 20.4. The monoisotopic (exact) mass is 562 g/mol. The fourth-order valence-corrected chi connectivity index (χ4v) is 4.86. The van der Waals surface area contributed by atoms with Crippen LogP contribution < -0.4 is 24.4 Å². The molecule has 8 heteroatoms. The summed E-state index contributed by atoms with van der Waals surface area (Å²) < 4.78 is 17.5. The third kappa shape index (κ3) is 5.74. The van der Waals surface area contributed by atoms with Gasteiger partial charge in [0.15, 0.2) is 11.5 Å². The van der Waals surface area contributed by atoms with Gasteiger partial charge >= 0.3 is 6.03 Å². The number of ether oxygens (including phenoxy) is 3. The Morgan fingerprint density at radius 3 is 2.40 bits per heavy atom. The standard InChI is InChI=1S/C34H30N2O6/c1-4-9-24-18-22(19-29-32(37)35-34(39)36(33(29)38)26-14-16-27(40-3)17-15-26)20-30(41-5-2)31(24)42-21-25-12-8-11-23-10-6-7-13-28(23)25/h4,6-8,10-20H,1,5,9,21H2,2-3H3,(H,35,37,39)/b29-19+. The molecule has 0 aromatic heterocycles. The number of anilines is 1. The number of nitrogens with one attached hydrogen (secondary N) is 1. The summed E-state index contributed by atoms with van der Waals surface area (Å²) in [6.45, 7) is 6.43. The van der Waals surface area contributed by atoms with Crippen molar-refractivity contribution in [3.05, 3.63) is 114 Å². The van der Waals surface area contributed by atoms with E-state index in [1.165, 1.54) is 13.2 Å². The van der Waals surface area contributed by atoms with E-state index in [-0.39, 0.29) is 5.57 Å². The van der Waals surface area contributed by atoms with Crippen LogP contribution >= 0.6 is 0 Å². The number of methoxy groups -OCH3 is 1. The van der Waals surface area contributed by atoms with E-state index in [9.17, 15) is 14.4 Å². The Morgan fingerprint density at radius 2 is 1.67 bits per heavy atom. The Kier molecular flexibility index (Phi) is 8.34. The maximum absolute atomic E-state index is 13.4. The van der Waals surface area contributed by atoms with Gasteiger partial charge in [-0.05, 0) is 77.7 Å². The molecule has 1 aliphatic heterocycles. The van der Waals surface area contributed by atoms with Crippen molar-refractivity contribution in [1.29, 1.82) is 0 Å². The van der Waals surface area contributed by atoms with Crippen molar-refractivity contribution in [3.63, 3.8) is 0 Å². The maximum Gasteiger partial charge on any atom is 0.335 e. The summed E-state index contributed by atoms with van der Waals surface area (Å²) in [5.74, 6) is 0.0658. The van der Waals surface area contributed by atoms with Crippen LogP contribution in [0.15, 0.2) is 97.1 Å². The molecular formula is C34H30N2O6. The van der Waals surface area contributed by atoms with E-state index in [1.54, 1.807) is 36.4 Å². The molecular weight excluding hydrogens is 532 g/mol. The first-order valence-electron chi connectivity index (χ1n) is 13.5. The highest BCUT2D eigenvalue weighted by molar-refractivity contribution is 6.39. The lowest BCUT2D eigenvalue weighted by molar-refractivity contribution is -0.122. The molecule has 0 bridgehead atoms. The average Bonchev–Trinajstić information content (AvgIpc) is 2.99. The van der Waals surface area contributed by atoms with E-state index in [1.807, 2.05) is 37.3 Å². The third-order valence-electron chi connectivity index (χ3n) is 6.81. The minimum absolute atomic E-state index is 0.193. The van der Waals surface area contributed by atoms with Crippen molar-refractivity contribution in [3.8, 4) is 17.2 Å². The van der Waals surface area contributed by atoms with Gasteiger partial charge in [0.25, 0.3) is 11.8 Å². The number of urea groups is 1. The highest BCUT2D eigenvalue weighted by atomic mass is 16.5. The van der Waals surface area contributed by atoms with Gasteiger partial charge < -0.3 is 14.2 Å². The number of fused-ring (bicyclic) bond motifs is 1. The molecule has 0 spiro atoms. The Bertz CT molecular complexity index is 1700. The molecule has 0 unspecified atom stereocenters. The number of imide groups is 2. The molecule has 4 aromatic rings. The quantitative estimate of drug-likeness (QED) is 0.140. The predicted octanol–water partition coefficient (Wildman–Crippen LogP) is 6.22. The van der Waals surface area contributed by atoms with E-state index in [0.29, 0.717) is 48.1 Å². The number of rotatable bonds is 10. The van der Waals surface area contributed by atoms with E-state index < -0.39 is 17.8 Å². The normalized spacial score (nSPS) is 14.2. The first-order valence-corrected chi connectivity index (χ1v) is 13.5. The molecule has 1 heterocycles. The van der Waals surface area contributed by atoms with Gasteiger partial charge in [-0.1, -0.05) is 48.5 Å². The summed E-state index contributed by atoms with van der Waals surface area (Å²) in [6.07, 6.45) is 3.65. The number of amides is 4. The molecule has 212 valence electrons. The van der Waals surface area contributed by atoms with Crippen molar-refractivity contribution in [1.82, 2.24) is 5.32 Å². The fraction of sp³-hybridized carbons (Fsp3) is 0.147. The van der Waals surface area contributed by atoms with Gasteiger partial charge in [-0.15, -0.1) is 6.58 Å². The Balaban J connectivity index is 1.50. The smallest absolute Gasteiger partial charge is 0.335 e. The summed E-state index contributed by atoms with van der Waals surface area (Å²) in [7, 11) is 1.52. The molecule has 0 saturated carbocycles. The zero-order chi connectivity index (χ0) is 29.6. The van der Waals surface area contributed by atoms with Crippen molar-refractivity contribution in [2.24, 2.45) is 0 Å². The molecule has 42 heavy (non-hydrogen) atoms. The minimum atomic E-state index is -0.827. The topological polar surface area (TPSA) is 94.2 Å². The minimum Gasteiger partial charge on any atom is -0.497 e. The Hall–Kier alpha value is -5.37. The molecule has 0 radical (unpaired) electrons. The number of nitrogens with zero attached hydrogens (tertiary/aromatic N) is 1. The van der Waals surface area contributed by atoms with Gasteiger partial charge in [-0.2, -0.15) is 0 Å². The largest absolute Gasteiger partial charge is 0.497 e. The second-order valence-corrected chi connectivity index (χ2v) is 9.52. The number of allylic oxidation sites excluding steroid dienone is 1. The zero-order valence-corrected chi connectivity index (χ0v) is 23.4. The van der Waals surface area contributed by atoms with Gasteiger partial charge in [0.05, 0.1) is 19.4 Å². The predicted molar refractivity (Wildman–Crippen MR) is 162 cm³/mol. The van der Waals surface area contributed by atoms with Crippen molar-refractivity contribution >= 4 is 40.4 Å². The Morgan fingerprint density at radius 1 is 0.905 bits per heavy atom. The van der Waals surface area contributed by atoms with Crippen LogP contribution in [0.4, 0.5) is 10.5 Å².